The monoisotopic (exact) mass is 605 g/mol. The minimum atomic E-state index is -1.36. The van der Waals surface area contributed by atoms with E-state index < -0.39 is 28.2 Å². The van der Waals surface area contributed by atoms with E-state index in [-0.39, 0.29) is 47.2 Å². The molecule has 0 bridgehead atoms. The molecular weight excluding hydrogens is 569 g/mol. The number of hydrogen-bond acceptors (Lipinski definition) is 7. The molecule has 1 saturated carbocycles. The number of aromatic carboxylic acids is 1. The Kier molecular flexibility index (Phi) is 7.59. The predicted octanol–water partition coefficient (Wildman–Crippen LogP) is 4.51. The molecule has 1 amide bonds. The summed E-state index contributed by atoms with van der Waals surface area (Å²) in [5, 5.41) is 9.61. The average molecular weight is 606 g/mol. The number of rotatable bonds is 9. The van der Waals surface area contributed by atoms with Gasteiger partial charge in [-0.3, -0.25) is 14.4 Å². The van der Waals surface area contributed by atoms with Gasteiger partial charge in [-0.05, 0) is 43.7 Å². The molecule has 3 heterocycles. The van der Waals surface area contributed by atoms with Crippen LogP contribution in [-0.2, 0) is 15.0 Å². The van der Waals surface area contributed by atoms with Gasteiger partial charge < -0.3 is 28.9 Å². The Morgan fingerprint density at radius 3 is 2.59 bits per heavy atom. The third-order valence-electron chi connectivity index (χ3n) is 9.37. The molecule has 11 heteroatoms. The van der Waals surface area contributed by atoms with Crippen molar-refractivity contribution in [1.82, 2.24) is 9.47 Å². The summed E-state index contributed by atoms with van der Waals surface area (Å²) in [6.07, 6.45) is 4.89. The minimum absolute atomic E-state index is 0.00287. The van der Waals surface area contributed by atoms with E-state index in [1.54, 1.807) is 16.7 Å². The van der Waals surface area contributed by atoms with Crippen LogP contribution in [0.5, 0.6) is 11.5 Å². The first kappa shape index (κ1) is 29.7. The zero-order valence-corrected chi connectivity index (χ0v) is 25.0. The number of carboxylic acids is 1. The fraction of sp³-hybridized carbons (Fsp3) is 0.455. The maximum atomic E-state index is 16.0. The molecule has 2 aliphatic heterocycles. The first-order chi connectivity index (χ1) is 21.1. The van der Waals surface area contributed by atoms with Gasteiger partial charge in [-0.1, -0.05) is 32.0 Å². The van der Waals surface area contributed by atoms with Gasteiger partial charge in [-0.2, -0.15) is 0 Å². The number of carbonyl (C=O) groups excluding carboxylic acids is 2. The number of piperidine rings is 1. The van der Waals surface area contributed by atoms with Crippen LogP contribution >= 0.6 is 0 Å². The minimum Gasteiger partial charge on any atom is -0.492 e. The Morgan fingerprint density at radius 1 is 1.16 bits per heavy atom. The number of likely N-dealkylation sites (tertiary alicyclic amines) is 1. The molecule has 0 radical (unpaired) electrons. The molecule has 3 aliphatic rings. The van der Waals surface area contributed by atoms with Crippen molar-refractivity contribution in [2.45, 2.75) is 63.5 Å². The van der Waals surface area contributed by atoms with Crippen LogP contribution in [-0.4, -0.2) is 65.7 Å². The van der Waals surface area contributed by atoms with Crippen molar-refractivity contribution in [2.24, 2.45) is 5.92 Å². The van der Waals surface area contributed by atoms with Gasteiger partial charge in [0.2, 0.25) is 11.3 Å². The normalized spacial score (nSPS) is 20.0. The zero-order chi connectivity index (χ0) is 31.3. The summed E-state index contributed by atoms with van der Waals surface area (Å²) < 4.78 is 28.7. The number of aromatic nitrogens is 1. The van der Waals surface area contributed by atoms with Crippen LogP contribution in [0.4, 0.5) is 10.1 Å². The van der Waals surface area contributed by atoms with Crippen molar-refractivity contribution in [1.29, 1.82) is 0 Å². The number of nitrogens with zero attached hydrogens (tertiary/aromatic N) is 3. The lowest BCUT2D eigenvalue weighted by Gasteiger charge is -2.39. The topological polar surface area (TPSA) is 118 Å². The van der Waals surface area contributed by atoms with Crippen LogP contribution in [0.1, 0.15) is 67.9 Å². The first-order valence-electron chi connectivity index (χ1n) is 15.0. The molecule has 1 aliphatic carbocycles. The largest absolute Gasteiger partial charge is 0.492 e. The van der Waals surface area contributed by atoms with Gasteiger partial charge in [0.05, 0.1) is 24.1 Å². The van der Waals surface area contributed by atoms with Crippen molar-refractivity contribution >= 4 is 34.9 Å². The van der Waals surface area contributed by atoms with Crippen molar-refractivity contribution in [3.05, 3.63) is 63.7 Å². The van der Waals surface area contributed by atoms with Crippen molar-refractivity contribution in [2.75, 3.05) is 31.6 Å². The number of hydrogen-bond donors (Lipinski definition) is 1. The van der Waals surface area contributed by atoms with E-state index in [1.807, 2.05) is 35.8 Å². The lowest BCUT2D eigenvalue weighted by molar-refractivity contribution is -0.136. The number of pyridine rings is 1. The Bertz CT molecular complexity index is 1710. The van der Waals surface area contributed by atoms with E-state index in [0.29, 0.717) is 37.4 Å². The van der Waals surface area contributed by atoms with Gasteiger partial charge >= 0.3 is 5.97 Å². The smallest absolute Gasteiger partial charge is 0.341 e. The fourth-order valence-electron chi connectivity index (χ4n) is 7.15. The molecule has 0 spiro atoms. The number of halogens is 1. The maximum Gasteiger partial charge on any atom is 0.341 e. The van der Waals surface area contributed by atoms with Crippen LogP contribution in [0.2, 0.25) is 0 Å². The van der Waals surface area contributed by atoms with Crippen LogP contribution < -0.4 is 19.8 Å². The average Bonchev–Trinajstić information content (AvgIpc) is 3.74. The Morgan fingerprint density at radius 2 is 1.91 bits per heavy atom. The summed E-state index contributed by atoms with van der Waals surface area (Å²) in [6.45, 7) is 5.77. The van der Waals surface area contributed by atoms with Crippen molar-refractivity contribution < 1.29 is 33.4 Å². The first-order valence-corrected chi connectivity index (χ1v) is 15.0. The molecule has 2 aromatic carbocycles. The lowest BCUT2D eigenvalue weighted by atomic mass is 9.80. The SMILES string of the molecule is COc1c(N2C[C@@H]3CCCN(C(=O)CC(C)(C)c4ccccc4OC=O)[C@@H]3C2)c(F)cc2c(=O)c(C(=O)O)cn(C3CC3)c12. The number of amides is 1. The number of para-hydroxylation sites is 1. The van der Waals surface area contributed by atoms with E-state index in [0.717, 1.165) is 37.3 Å². The number of carboxylic acid groups (broad SMARTS) is 1. The Labute approximate surface area is 254 Å². The standard InChI is InChI=1S/C33H36FN3O7/c1-33(2,23-8-4-5-9-26(23)44-18-38)14-27(39)36-12-6-7-19-15-35(17-25(19)36)29-24(34)13-21-28(31(29)43-3)37(20-10-11-20)16-22(30(21)40)32(41)42/h4-5,8-9,13,16,18-20,25H,6-7,10-12,14-15,17H2,1-3H3,(H,41,42)/t19-,25+/m0/s1. The third kappa shape index (κ3) is 5.07. The second kappa shape index (κ2) is 11.3. The highest BCUT2D eigenvalue weighted by molar-refractivity contribution is 5.97. The van der Waals surface area contributed by atoms with E-state index in [1.165, 1.54) is 13.3 Å². The highest BCUT2D eigenvalue weighted by Gasteiger charge is 2.44. The van der Waals surface area contributed by atoms with E-state index >= 15 is 4.39 Å². The van der Waals surface area contributed by atoms with Gasteiger partial charge in [-0.25, -0.2) is 9.18 Å². The summed E-state index contributed by atoms with van der Waals surface area (Å²) in [4.78, 5) is 53.7. The number of carbonyl (C=O) groups is 3. The molecule has 1 N–H and O–H groups in total. The summed E-state index contributed by atoms with van der Waals surface area (Å²) >= 11 is 0. The van der Waals surface area contributed by atoms with E-state index in [9.17, 15) is 24.3 Å². The summed E-state index contributed by atoms with van der Waals surface area (Å²) in [5.74, 6) is -1.32. The van der Waals surface area contributed by atoms with Crippen LogP contribution in [0, 0.1) is 11.7 Å². The second-order valence-electron chi connectivity index (χ2n) is 12.7. The number of fused-ring (bicyclic) bond motifs is 2. The number of methoxy groups -OCH3 is 1. The summed E-state index contributed by atoms with van der Waals surface area (Å²) in [6, 6.07) is 8.18. The molecule has 6 rings (SSSR count). The molecule has 3 fully saturated rings. The lowest BCUT2D eigenvalue weighted by Crippen LogP contribution is -2.49. The molecule has 10 nitrogen and oxygen atoms in total. The van der Waals surface area contributed by atoms with E-state index in [4.69, 9.17) is 9.47 Å². The zero-order valence-electron chi connectivity index (χ0n) is 25.0. The molecule has 3 aromatic rings. The molecule has 1 aromatic heterocycles. The van der Waals surface area contributed by atoms with Crippen LogP contribution in [0.15, 0.2) is 41.3 Å². The van der Waals surface area contributed by atoms with Crippen molar-refractivity contribution in [3.63, 3.8) is 0 Å². The number of benzene rings is 2. The van der Waals surface area contributed by atoms with Gasteiger partial charge in [0.25, 0.3) is 6.47 Å². The molecule has 232 valence electrons. The Hall–Kier alpha value is -4.41. The maximum absolute atomic E-state index is 16.0. The molecule has 44 heavy (non-hydrogen) atoms. The molecular formula is C33H36FN3O7. The highest BCUT2D eigenvalue weighted by atomic mass is 19.1. The molecule has 0 unspecified atom stereocenters. The third-order valence-corrected chi connectivity index (χ3v) is 9.37. The van der Waals surface area contributed by atoms with Gasteiger partial charge in [0.15, 0.2) is 11.6 Å². The molecule has 2 atom stereocenters. The quantitative estimate of drug-likeness (QED) is 0.354. The van der Waals surface area contributed by atoms with Gasteiger partial charge in [-0.15, -0.1) is 0 Å². The van der Waals surface area contributed by atoms with E-state index in [2.05, 4.69) is 0 Å². The number of anilines is 1. The van der Waals surface area contributed by atoms with Crippen molar-refractivity contribution in [3.8, 4) is 11.5 Å². The summed E-state index contributed by atoms with van der Waals surface area (Å²) in [7, 11) is 1.43. The fourth-order valence-corrected chi connectivity index (χ4v) is 7.15. The highest BCUT2D eigenvalue weighted by Crippen LogP contribution is 2.46. The van der Waals surface area contributed by atoms with Gasteiger partial charge in [0, 0.05) is 49.3 Å². The van der Waals surface area contributed by atoms with Crippen LogP contribution in [0.3, 0.4) is 0 Å². The Balaban J connectivity index is 1.33. The number of ether oxygens (including phenoxy) is 2. The molecule has 2 saturated heterocycles. The summed E-state index contributed by atoms with van der Waals surface area (Å²) in [5.41, 5.74) is -0.387. The van der Waals surface area contributed by atoms with Gasteiger partial charge in [0.1, 0.15) is 17.0 Å². The second-order valence-corrected chi connectivity index (χ2v) is 12.7. The van der Waals surface area contributed by atoms with Crippen LogP contribution in [0.25, 0.3) is 10.9 Å². The predicted molar refractivity (Wildman–Crippen MR) is 161 cm³/mol.